The first-order chi connectivity index (χ1) is 19.3. The highest BCUT2D eigenvalue weighted by molar-refractivity contribution is 7.22. The Bertz CT molecular complexity index is 1630. The van der Waals surface area contributed by atoms with Gasteiger partial charge in [-0.3, -0.25) is 0 Å². The Morgan fingerprint density at radius 2 is 1.98 bits per heavy atom. The van der Waals surface area contributed by atoms with Gasteiger partial charge in [-0.05, 0) is 62.4 Å². The maximum Gasteiger partial charge on any atom is 0.338 e. The minimum atomic E-state index is -0.566. The molecular formula is C29H26Cl2FN3O4S. The molecular weight excluding hydrogens is 576 g/mol. The summed E-state index contributed by atoms with van der Waals surface area (Å²) in [6.07, 6.45) is 4.06. The van der Waals surface area contributed by atoms with Crippen LogP contribution in [-0.2, 0) is 16.1 Å². The lowest BCUT2D eigenvalue weighted by Crippen LogP contribution is -2.38. The highest BCUT2D eigenvalue weighted by Crippen LogP contribution is 2.48. The van der Waals surface area contributed by atoms with Crippen LogP contribution in [0.15, 0.2) is 28.8 Å². The number of benzene rings is 2. The molecule has 0 unspecified atom stereocenters. The molecule has 1 saturated heterocycles. The number of hydrogen-bond acceptors (Lipinski definition) is 8. The number of rotatable bonds is 7. The van der Waals surface area contributed by atoms with E-state index in [1.54, 1.807) is 6.07 Å². The number of esters is 1. The van der Waals surface area contributed by atoms with E-state index in [0.29, 0.717) is 44.4 Å². The number of fused-ring (bicyclic) bond motifs is 3. The summed E-state index contributed by atoms with van der Waals surface area (Å²) in [5.41, 5.74) is 3.71. The minimum absolute atomic E-state index is 0.0806. The number of carbonyl (C=O) groups is 1. The van der Waals surface area contributed by atoms with Gasteiger partial charge >= 0.3 is 5.97 Å². The van der Waals surface area contributed by atoms with E-state index in [2.05, 4.69) is 15.0 Å². The molecule has 3 heterocycles. The van der Waals surface area contributed by atoms with E-state index in [4.69, 9.17) is 37.2 Å². The molecule has 1 aliphatic heterocycles. The Balaban J connectivity index is 1.09. The zero-order chi connectivity index (χ0) is 27.7. The van der Waals surface area contributed by atoms with Gasteiger partial charge in [0.2, 0.25) is 0 Å². The van der Waals surface area contributed by atoms with Crippen LogP contribution >= 0.6 is 34.5 Å². The summed E-state index contributed by atoms with van der Waals surface area (Å²) in [5, 5.41) is 6.25. The third-order valence-corrected chi connectivity index (χ3v) is 9.85. The summed E-state index contributed by atoms with van der Waals surface area (Å²) < 4.78 is 32.5. The van der Waals surface area contributed by atoms with Crippen molar-refractivity contribution in [2.45, 2.75) is 57.3 Å². The van der Waals surface area contributed by atoms with Crippen LogP contribution in [0.2, 0.25) is 10.0 Å². The number of hydrogen-bond donors (Lipinski definition) is 0. The highest BCUT2D eigenvalue weighted by Gasteiger charge is 2.46. The van der Waals surface area contributed by atoms with Crippen LogP contribution in [0.4, 0.5) is 9.52 Å². The summed E-state index contributed by atoms with van der Waals surface area (Å²) in [4.78, 5) is 18.8. The number of anilines is 1. The lowest BCUT2D eigenvalue weighted by Gasteiger charge is -2.31. The van der Waals surface area contributed by atoms with Gasteiger partial charge in [0.1, 0.15) is 17.0 Å². The largest absolute Gasteiger partial charge is 0.465 e. The monoisotopic (exact) mass is 601 g/mol. The second-order valence-electron chi connectivity index (χ2n) is 10.9. The molecule has 208 valence electrons. The number of aryl methyl sites for hydroxylation is 1. The van der Waals surface area contributed by atoms with Gasteiger partial charge in [0.25, 0.3) is 0 Å². The van der Waals surface area contributed by atoms with Crippen molar-refractivity contribution in [2.75, 3.05) is 18.6 Å². The molecule has 11 heteroatoms. The maximum absolute atomic E-state index is 14.7. The van der Waals surface area contributed by atoms with E-state index in [-0.39, 0.29) is 23.2 Å². The van der Waals surface area contributed by atoms with Crippen LogP contribution in [0.25, 0.3) is 21.5 Å². The molecule has 2 aromatic carbocycles. The van der Waals surface area contributed by atoms with Crippen molar-refractivity contribution >= 4 is 55.9 Å². The van der Waals surface area contributed by atoms with Gasteiger partial charge < -0.3 is 18.9 Å². The Kier molecular flexibility index (Phi) is 6.53. The molecule has 2 aliphatic carbocycles. The Labute approximate surface area is 244 Å². The lowest BCUT2D eigenvalue weighted by molar-refractivity contribution is 0.0122. The molecule has 4 aromatic rings. The summed E-state index contributed by atoms with van der Waals surface area (Å²) in [7, 11) is 1.28. The van der Waals surface area contributed by atoms with Gasteiger partial charge in [-0.25, -0.2) is 14.2 Å². The topological polar surface area (TPSA) is 77.7 Å². The molecule has 0 N–H and O–H groups in total. The van der Waals surface area contributed by atoms with E-state index < -0.39 is 11.8 Å². The second-order valence-corrected chi connectivity index (χ2v) is 12.8. The second kappa shape index (κ2) is 9.98. The van der Waals surface area contributed by atoms with E-state index in [1.807, 2.05) is 19.1 Å². The van der Waals surface area contributed by atoms with Crippen molar-refractivity contribution in [3.63, 3.8) is 0 Å². The summed E-state index contributed by atoms with van der Waals surface area (Å²) in [6, 6.07) is 6.85. The summed E-state index contributed by atoms with van der Waals surface area (Å²) >= 11 is 14.6. The molecule has 0 amide bonds. The first-order valence-electron chi connectivity index (χ1n) is 13.3. The minimum Gasteiger partial charge on any atom is -0.465 e. The van der Waals surface area contributed by atoms with Crippen molar-refractivity contribution < 1.29 is 23.2 Å². The molecule has 7 nitrogen and oxygen atoms in total. The highest BCUT2D eigenvalue weighted by atomic mass is 35.5. The average molecular weight is 603 g/mol. The molecule has 3 fully saturated rings. The van der Waals surface area contributed by atoms with Gasteiger partial charge in [-0.15, -0.1) is 0 Å². The third-order valence-electron chi connectivity index (χ3n) is 8.21. The van der Waals surface area contributed by atoms with Gasteiger partial charge in [-0.1, -0.05) is 39.7 Å². The number of thiazole rings is 1. The fourth-order valence-electron chi connectivity index (χ4n) is 6.12. The molecule has 40 heavy (non-hydrogen) atoms. The number of piperidine rings is 1. The summed E-state index contributed by atoms with van der Waals surface area (Å²) in [5.74, 6) is 0.471. The van der Waals surface area contributed by atoms with Crippen LogP contribution in [0.5, 0.6) is 0 Å². The quantitative estimate of drug-likeness (QED) is 0.202. The molecule has 7 rings (SSSR count). The van der Waals surface area contributed by atoms with E-state index in [1.165, 1.54) is 24.5 Å². The number of nitrogens with zero attached hydrogens (tertiary/aromatic N) is 3. The molecule has 0 radical (unpaired) electrons. The first kappa shape index (κ1) is 26.2. The van der Waals surface area contributed by atoms with Gasteiger partial charge in [0, 0.05) is 35.5 Å². The molecule has 3 aliphatic rings. The SMILES string of the molecule is COC(=O)c1cc(F)c2nc(N3C[C@@H]4C[C@H]3C[C@H]4OCc3c(-c4c(Cl)cc(C)cc4Cl)noc3C3CC3)sc2c1. The summed E-state index contributed by atoms with van der Waals surface area (Å²) in [6.45, 7) is 3.11. The van der Waals surface area contributed by atoms with Crippen LogP contribution in [0.1, 0.15) is 58.8 Å². The lowest BCUT2D eigenvalue weighted by atomic mass is 10.0. The van der Waals surface area contributed by atoms with Crippen molar-refractivity contribution in [1.29, 1.82) is 0 Å². The normalized spacial score (nSPS) is 22.0. The predicted molar refractivity (Wildman–Crippen MR) is 152 cm³/mol. The third kappa shape index (κ3) is 4.47. The van der Waals surface area contributed by atoms with Crippen molar-refractivity contribution in [3.05, 3.63) is 62.6 Å². The molecule has 2 aromatic heterocycles. The van der Waals surface area contributed by atoms with Crippen LogP contribution in [-0.4, -0.2) is 41.9 Å². The van der Waals surface area contributed by atoms with Crippen LogP contribution in [0.3, 0.4) is 0 Å². The standard InChI is InChI=1S/C29H26Cl2FN3O4S/c1-13-5-19(30)24(20(31)6-13)25-18(27(39-34-25)14-3-4-14)12-38-22-10-17-7-16(22)11-35(17)29-33-26-21(32)8-15(28(36)37-2)9-23(26)40-29/h5-6,8-9,14,16-17,22H,3-4,7,10-12H2,1-2H3/t16-,17-,22+/m0/s1. The number of ether oxygens (including phenoxy) is 2. The van der Waals surface area contributed by atoms with E-state index in [0.717, 1.165) is 54.2 Å². The zero-order valence-electron chi connectivity index (χ0n) is 21.9. The van der Waals surface area contributed by atoms with Crippen molar-refractivity contribution in [2.24, 2.45) is 5.92 Å². The Hall–Kier alpha value is -2.72. The number of aromatic nitrogens is 2. The smallest absolute Gasteiger partial charge is 0.338 e. The van der Waals surface area contributed by atoms with Gasteiger partial charge in [0.05, 0.1) is 40.1 Å². The predicted octanol–water partition coefficient (Wildman–Crippen LogP) is 7.55. The number of halogens is 3. The van der Waals surface area contributed by atoms with Crippen LogP contribution in [0, 0.1) is 18.7 Å². The number of carbonyl (C=O) groups excluding carboxylic acids is 1. The van der Waals surface area contributed by atoms with Crippen molar-refractivity contribution in [3.8, 4) is 11.3 Å². The maximum atomic E-state index is 14.7. The van der Waals surface area contributed by atoms with Crippen LogP contribution < -0.4 is 4.90 Å². The fourth-order valence-corrected chi connectivity index (χ4v) is 8.00. The molecule has 0 spiro atoms. The van der Waals surface area contributed by atoms with Crippen molar-refractivity contribution in [1.82, 2.24) is 10.1 Å². The Morgan fingerprint density at radius 3 is 2.65 bits per heavy atom. The first-order valence-corrected chi connectivity index (χ1v) is 14.9. The van der Waals surface area contributed by atoms with Gasteiger partial charge in [0.15, 0.2) is 10.9 Å². The molecule has 3 atom stereocenters. The van der Waals surface area contributed by atoms with Gasteiger partial charge in [-0.2, -0.15) is 0 Å². The zero-order valence-corrected chi connectivity index (χ0v) is 24.2. The van der Waals surface area contributed by atoms with E-state index in [9.17, 15) is 9.18 Å². The average Bonchev–Trinajstić information content (AvgIpc) is 3.25. The molecule has 2 bridgehead atoms. The van der Waals surface area contributed by atoms with E-state index >= 15 is 0 Å². The Morgan fingerprint density at radius 1 is 1.20 bits per heavy atom. The molecule has 2 saturated carbocycles. The fraction of sp³-hybridized carbons (Fsp3) is 0.414. The number of methoxy groups -OCH3 is 1.